The SMILES string of the molecule is C=C(C)C(=O)[SiH](CCO)C(OC)OC. The lowest BCUT2D eigenvalue weighted by atomic mass is 10.4. The fourth-order valence-electron chi connectivity index (χ4n) is 1.27. The Morgan fingerprint density at radius 2 is 2.00 bits per heavy atom. The molecule has 0 aliphatic carbocycles. The van der Waals surface area contributed by atoms with Crippen molar-refractivity contribution in [1.29, 1.82) is 0 Å². The minimum atomic E-state index is -1.93. The topological polar surface area (TPSA) is 55.8 Å². The van der Waals surface area contributed by atoms with E-state index in [4.69, 9.17) is 14.6 Å². The first-order valence-electron chi connectivity index (χ1n) is 4.44. The van der Waals surface area contributed by atoms with E-state index >= 15 is 0 Å². The fraction of sp³-hybridized carbons (Fsp3) is 0.667. The van der Waals surface area contributed by atoms with Crippen molar-refractivity contribution in [3.05, 3.63) is 12.2 Å². The van der Waals surface area contributed by atoms with Crippen molar-refractivity contribution in [2.45, 2.75) is 18.9 Å². The summed E-state index contributed by atoms with van der Waals surface area (Å²) in [5.41, 5.74) is 0.509. The zero-order valence-corrected chi connectivity index (χ0v) is 10.1. The van der Waals surface area contributed by atoms with Gasteiger partial charge < -0.3 is 19.4 Å². The maximum Gasteiger partial charge on any atom is 0.190 e. The summed E-state index contributed by atoms with van der Waals surface area (Å²) in [5.74, 6) is -0.480. The van der Waals surface area contributed by atoms with Gasteiger partial charge in [-0.05, 0) is 18.5 Å². The van der Waals surface area contributed by atoms with Gasteiger partial charge in [-0.1, -0.05) is 6.58 Å². The molecule has 82 valence electrons. The molecule has 1 atom stereocenters. The highest BCUT2D eigenvalue weighted by atomic mass is 28.3. The molecule has 14 heavy (non-hydrogen) atoms. The lowest BCUT2D eigenvalue weighted by molar-refractivity contribution is -0.111. The standard InChI is InChI=1S/C9H18O4Si/c1-7(2)8(11)14(6-5-10)9(12-3)13-4/h9-10,14H,1,5-6H2,2-4H3. The van der Waals surface area contributed by atoms with Crippen molar-refractivity contribution in [3.8, 4) is 0 Å². The third-order valence-electron chi connectivity index (χ3n) is 1.99. The van der Waals surface area contributed by atoms with Crippen molar-refractivity contribution in [2.24, 2.45) is 0 Å². The summed E-state index contributed by atoms with van der Waals surface area (Å²) in [7, 11) is 1.06. The Labute approximate surface area is 86.1 Å². The average molecular weight is 218 g/mol. The molecule has 4 nitrogen and oxygen atoms in total. The van der Waals surface area contributed by atoms with Crippen molar-refractivity contribution in [3.63, 3.8) is 0 Å². The van der Waals surface area contributed by atoms with Crippen LogP contribution < -0.4 is 0 Å². The van der Waals surface area contributed by atoms with Gasteiger partial charge in [-0.2, -0.15) is 0 Å². The molecule has 0 fully saturated rings. The molecule has 0 saturated carbocycles. The van der Waals surface area contributed by atoms with E-state index in [1.165, 1.54) is 14.2 Å². The zero-order chi connectivity index (χ0) is 11.1. The lowest BCUT2D eigenvalue weighted by Crippen LogP contribution is -2.42. The first-order chi connectivity index (χ1) is 6.58. The van der Waals surface area contributed by atoms with Gasteiger partial charge in [-0.3, -0.25) is 0 Å². The smallest absolute Gasteiger partial charge is 0.190 e. The van der Waals surface area contributed by atoms with Gasteiger partial charge in [0, 0.05) is 20.8 Å². The van der Waals surface area contributed by atoms with E-state index < -0.39 is 14.7 Å². The van der Waals surface area contributed by atoms with E-state index in [0.29, 0.717) is 11.6 Å². The molecule has 0 aromatic rings. The summed E-state index contributed by atoms with van der Waals surface area (Å²) in [4.78, 5) is 11.7. The Morgan fingerprint density at radius 3 is 2.29 bits per heavy atom. The molecule has 5 heteroatoms. The van der Waals surface area contributed by atoms with Crippen molar-refractivity contribution >= 4 is 14.2 Å². The lowest BCUT2D eigenvalue weighted by Gasteiger charge is -2.21. The average Bonchev–Trinajstić information content (AvgIpc) is 2.17. The summed E-state index contributed by atoms with van der Waals surface area (Å²) in [5, 5.41) is 8.86. The molecule has 1 N–H and O–H groups in total. The number of methoxy groups -OCH3 is 2. The monoisotopic (exact) mass is 218 g/mol. The van der Waals surface area contributed by atoms with Gasteiger partial charge in [0.15, 0.2) is 8.80 Å². The van der Waals surface area contributed by atoms with E-state index in [1.807, 2.05) is 0 Å². The number of aliphatic hydroxyl groups excluding tert-OH is 1. The number of hydrogen-bond acceptors (Lipinski definition) is 4. The quantitative estimate of drug-likeness (QED) is 0.373. The van der Waals surface area contributed by atoms with Crippen LogP contribution in [0.1, 0.15) is 6.92 Å². The number of ether oxygens (including phenoxy) is 2. The first kappa shape index (κ1) is 13.5. The molecular weight excluding hydrogens is 200 g/mol. The Bertz CT molecular complexity index is 201. The van der Waals surface area contributed by atoms with E-state index in [0.717, 1.165) is 0 Å². The van der Waals surface area contributed by atoms with Gasteiger partial charge >= 0.3 is 0 Å². The molecule has 0 saturated heterocycles. The van der Waals surface area contributed by atoms with Crippen LogP contribution in [0.15, 0.2) is 12.2 Å². The Morgan fingerprint density at radius 1 is 1.50 bits per heavy atom. The van der Waals surface area contributed by atoms with Crippen LogP contribution in [0.2, 0.25) is 6.04 Å². The number of hydrogen-bond donors (Lipinski definition) is 1. The molecule has 0 aliphatic heterocycles. The van der Waals surface area contributed by atoms with Gasteiger partial charge in [0.1, 0.15) is 11.3 Å². The van der Waals surface area contributed by atoms with Crippen molar-refractivity contribution < 1.29 is 19.4 Å². The van der Waals surface area contributed by atoms with Crippen LogP contribution in [0.5, 0.6) is 0 Å². The Hall–Kier alpha value is -0.493. The molecule has 1 unspecified atom stereocenters. The van der Waals surface area contributed by atoms with Crippen LogP contribution in [0.25, 0.3) is 0 Å². The molecular formula is C9H18O4Si. The van der Waals surface area contributed by atoms with Gasteiger partial charge in [-0.25, -0.2) is 0 Å². The molecule has 0 aromatic carbocycles. The molecule has 0 radical (unpaired) electrons. The molecule has 0 bridgehead atoms. The highest BCUT2D eigenvalue weighted by Gasteiger charge is 2.30. The maximum atomic E-state index is 11.7. The number of carbonyl (C=O) groups is 1. The molecule has 0 aliphatic rings. The number of carbonyl (C=O) groups excluding carboxylic acids is 1. The van der Waals surface area contributed by atoms with E-state index in [-0.39, 0.29) is 12.0 Å². The van der Waals surface area contributed by atoms with Crippen LogP contribution in [0, 0.1) is 0 Å². The van der Waals surface area contributed by atoms with Crippen LogP contribution in [0.3, 0.4) is 0 Å². The summed E-state index contributed by atoms with van der Waals surface area (Å²) in [6.45, 7) is 5.26. The normalized spacial score (nSPS) is 12.9. The van der Waals surface area contributed by atoms with Gasteiger partial charge in [-0.15, -0.1) is 0 Å². The second kappa shape index (κ2) is 6.89. The van der Waals surface area contributed by atoms with Crippen molar-refractivity contribution in [2.75, 3.05) is 20.8 Å². The molecule has 0 spiro atoms. The summed E-state index contributed by atoms with van der Waals surface area (Å²) >= 11 is 0. The molecule has 0 rings (SSSR count). The van der Waals surface area contributed by atoms with Crippen molar-refractivity contribution in [1.82, 2.24) is 0 Å². The number of aliphatic hydroxyl groups is 1. The van der Waals surface area contributed by atoms with Crippen LogP contribution in [-0.4, -0.2) is 46.0 Å². The highest BCUT2D eigenvalue weighted by Crippen LogP contribution is 2.08. The summed E-state index contributed by atoms with van der Waals surface area (Å²) in [6, 6.07) is 0.456. The minimum Gasteiger partial charge on any atom is -0.397 e. The second-order valence-corrected chi connectivity index (χ2v) is 5.96. The number of allylic oxidation sites excluding steroid dienone is 1. The predicted molar refractivity (Wildman–Crippen MR) is 56.7 cm³/mol. The summed E-state index contributed by atoms with van der Waals surface area (Å²) in [6.07, 6.45) is 0. The van der Waals surface area contributed by atoms with Gasteiger partial charge in [0.2, 0.25) is 0 Å². The second-order valence-electron chi connectivity index (χ2n) is 3.10. The summed E-state index contributed by atoms with van der Waals surface area (Å²) < 4.78 is 10.1. The third kappa shape index (κ3) is 3.71. The van der Waals surface area contributed by atoms with Crippen LogP contribution in [-0.2, 0) is 14.3 Å². The van der Waals surface area contributed by atoms with Gasteiger partial charge in [0.25, 0.3) is 0 Å². The minimum absolute atomic E-state index is 0.00718. The first-order valence-corrected chi connectivity index (χ1v) is 6.50. The van der Waals surface area contributed by atoms with E-state index in [1.54, 1.807) is 6.92 Å². The van der Waals surface area contributed by atoms with Crippen LogP contribution >= 0.6 is 0 Å². The Balaban J connectivity index is 4.55. The number of rotatable bonds is 7. The van der Waals surface area contributed by atoms with Crippen LogP contribution in [0.4, 0.5) is 0 Å². The predicted octanol–water partition coefficient (Wildman–Crippen LogP) is 0.0483. The molecule has 0 heterocycles. The van der Waals surface area contributed by atoms with E-state index in [2.05, 4.69) is 6.58 Å². The molecule has 0 amide bonds. The highest BCUT2D eigenvalue weighted by molar-refractivity contribution is 6.93. The third-order valence-corrected chi connectivity index (χ3v) is 5.24. The zero-order valence-electron chi connectivity index (χ0n) is 8.95. The molecule has 0 aromatic heterocycles. The maximum absolute atomic E-state index is 11.7. The van der Waals surface area contributed by atoms with E-state index in [9.17, 15) is 4.79 Å². The van der Waals surface area contributed by atoms with Gasteiger partial charge in [0.05, 0.1) is 0 Å². The Kier molecular flexibility index (Phi) is 6.64. The fourth-order valence-corrected chi connectivity index (χ4v) is 3.62. The largest absolute Gasteiger partial charge is 0.397 e.